The van der Waals surface area contributed by atoms with Crippen LogP contribution in [0.5, 0.6) is 0 Å². The molecule has 0 radical (unpaired) electrons. The van der Waals surface area contributed by atoms with Crippen molar-refractivity contribution in [2.24, 2.45) is 0 Å². The Balaban J connectivity index is 1.99. The van der Waals surface area contributed by atoms with Crippen LogP contribution in [0.3, 0.4) is 0 Å². The molecule has 2 heterocycles. The summed E-state index contributed by atoms with van der Waals surface area (Å²) in [6.07, 6.45) is 2.40. The van der Waals surface area contributed by atoms with E-state index in [-0.39, 0.29) is 0 Å². The third-order valence-corrected chi connectivity index (χ3v) is 3.62. The third kappa shape index (κ3) is 2.66. The molecule has 1 atom stereocenters. The molecule has 1 N–H and O–H groups in total. The molecule has 98 valence electrons. The van der Waals surface area contributed by atoms with Gasteiger partial charge >= 0.3 is 0 Å². The third-order valence-electron chi connectivity index (χ3n) is 3.62. The molecule has 0 bridgehead atoms. The van der Waals surface area contributed by atoms with E-state index in [4.69, 9.17) is 0 Å². The van der Waals surface area contributed by atoms with Gasteiger partial charge in [-0.05, 0) is 39.3 Å². The molecule has 0 spiro atoms. The van der Waals surface area contributed by atoms with Crippen molar-refractivity contribution in [1.82, 2.24) is 15.3 Å². The van der Waals surface area contributed by atoms with Crippen LogP contribution in [0.1, 0.15) is 36.0 Å². The van der Waals surface area contributed by atoms with E-state index >= 15 is 0 Å². The molecule has 1 saturated heterocycles. The zero-order valence-corrected chi connectivity index (χ0v) is 11.5. The maximum absolute atomic E-state index is 4.59. The van der Waals surface area contributed by atoms with E-state index in [1.165, 1.54) is 18.4 Å². The molecule has 1 unspecified atom stereocenters. The first-order chi connectivity index (χ1) is 9.22. The molecular formula is C16H19N3. The van der Waals surface area contributed by atoms with Crippen LogP contribution < -0.4 is 5.32 Å². The first-order valence-electron chi connectivity index (χ1n) is 6.88. The standard InChI is InChI=1S/C16H19N3/c1-11-5-7-13(8-6-11)15-10-16(19-12(2)18-15)14-4-3-9-17-14/h5-8,10,14,17H,3-4,9H2,1-2H3. The van der Waals surface area contributed by atoms with Gasteiger partial charge in [-0.1, -0.05) is 29.8 Å². The molecule has 3 nitrogen and oxygen atoms in total. The minimum absolute atomic E-state index is 0.394. The van der Waals surface area contributed by atoms with Gasteiger partial charge in [-0.3, -0.25) is 0 Å². The summed E-state index contributed by atoms with van der Waals surface area (Å²) in [4.78, 5) is 9.15. The molecule has 0 saturated carbocycles. The van der Waals surface area contributed by atoms with Gasteiger partial charge in [0.15, 0.2) is 0 Å². The molecule has 19 heavy (non-hydrogen) atoms. The summed E-state index contributed by atoms with van der Waals surface area (Å²) in [7, 11) is 0. The highest BCUT2D eigenvalue weighted by Crippen LogP contribution is 2.25. The molecule has 1 aliphatic heterocycles. The van der Waals surface area contributed by atoms with Gasteiger partial charge in [0, 0.05) is 11.6 Å². The Hall–Kier alpha value is -1.74. The SMILES string of the molecule is Cc1ccc(-c2cc(C3CCCN3)nc(C)n2)cc1. The summed E-state index contributed by atoms with van der Waals surface area (Å²) < 4.78 is 0. The molecule has 3 rings (SSSR count). The molecule has 1 aromatic heterocycles. The molecular weight excluding hydrogens is 234 g/mol. The van der Waals surface area contributed by atoms with Crippen LogP contribution in [-0.2, 0) is 0 Å². The van der Waals surface area contributed by atoms with Crippen LogP contribution in [-0.4, -0.2) is 16.5 Å². The number of aromatic nitrogens is 2. The largest absolute Gasteiger partial charge is 0.309 e. The van der Waals surface area contributed by atoms with E-state index in [9.17, 15) is 0 Å². The number of rotatable bonds is 2. The van der Waals surface area contributed by atoms with Crippen LogP contribution in [0.15, 0.2) is 30.3 Å². The predicted molar refractivity (Wildman–Crippen MR) is 76.9 cm³/mol. The second kappa shape index (κ2) is 5.10. The summed E-state index contributed by atoms with van der Waals surface area (Å²) in [6.45, 7) is 5.16. The van der Waals surface area contributed by atoms with E-state index in [0.717, 1.165) is 29.3 Å². The summed E-state index contributed by atoms with van der Waals surface area (Å²) >= 11 is 0. The monoisotopic (exact) mass is 253 g/mol. The Morgan fingerprint density at radius 2 is 1.89 bits per heavy atom. The van der Waals surface area contributed by atoms with Crippen LogP contribution in [0.4, 0.5) is 0 Å². The van der Waals surface area contributed by atoms with Crippen molar-refractivity contribution in [1.29, 1.82) is 0 Å². The van der Waals surface area contributed by atoms with Gasteiger partial charge in [-0.15, -0.1) is 0 Å². The van der Waals surface area contributed by atoms with Crippen LogP contribution in [0, 0.1) is 13.8 Å². The highest BCUT2D eigenvalue weighted by molar-refractivity contribution is 5.59. The number of nitrogens with zero attached hydrogens (tertiary/aromatic N) is 2. The number of benzene rings is 1. The van der Waals surface area contributed by atoms with Gasteiger partial charge in [0.25, 0.3) is 0 Å². The Labute approximate surface area is 114 Å². The van der Waals surface area contributed by atoms with Crippen molar-refractivity contribution in [2.75, 3.05) is 6.54 Å². The quantitative estimate of drug-likeness (QED) is 0.893. The molecule has 1 aliphatic rings. The molecule has 1 aromatic carbocycles. The normalized spacial score (nSPS) is 18.7. The fourth-order valence-electron chi connectivity index (χ4n) is 2.58. The zero-order chi connectivity index (χ0) is 13.2. The number of aryl methyl sites for hydroxylation is 2. The van der Waals surface area contributed by atoms with Gasteiger partial charge < -0.3 is 5.32 Å². The lowest BCUT2D eigenvalue weighted by molar-refractivity contribution is 0.623. The van der Waals surface area contributed by atoms with Crippen LogP contribution in [0.25, 0.3) is 11.3 Å². The lowest BCUT2D eigenvalue weighted by atomic mass is 10.1. The van der Waals surface area contributed by atoms with Crippen molar-refractivity contribution in [3.05, 3.63) is 47.4 Å². The topological polar surface area (TPSA) is 37.8 Å². The average molecular weight is 253 g/mol. The second-order valence-electron chi connectivity index (χ2n) is 5.24. The van der Waals surface area contributed by atoms with Crippen molar-refractivity contribution < 1.29 is 0 Å². The molecule has 1 fully saturated rings. The van der Waals surface area contributed by atoms with E-state index in [2.05, 4.69) is 52.5 Å². The fraction of sp³-hybridized carbons (Fsp3) is 0.375. The number of nitrogens with one attached hydrogen (secondary N) is 1. The molecule has 2 aromatic rings. The first-order valence-corrected chi connectivity index (χ1v) is 6.88. The predicted octanol–water partition coefficient (Wildman–Crippen LogP) is 3.18. The second-order valence-corrected chi connectivity index (χ2v) is 5.24. The van der Waals surface area contributed by atoms with Gasteiger partial charge in [0.05, 0.1) is 11.4 Å². The Bertz CT molecular complexity index is 569. The molecule has 3 heteroatoms. The van der Waals surface area contributed by atoms with Gasteiger partial charge in [0.2, 0.25) is 0 Å². The van der Waals surface area contributed by atoms with Crippen molar-refractivity contribution in [3.8, 4) is 11.3 Å². The number of hydrogen-bond donors (Lipinski definition) is 1. The molecule has 0 amide bonds. The maximum atomic E-state index is 4.59. The van der Waals surface area contributed by atoms with E-state index in [1.54, 1.807) is 0 Å². The summed E-state index contributed by atoms with van der Waals surface area (Å²) in [5, 5.41) is 3.50. The Morgan fingerprint density at radius 3 is 2.58 bits per heavy atom. The smallest absolute Gasteiger partial charge is 0.126 e. The summed E-state index contributed by atoms with van der Waals surface area (Å²) in [5.41, 5.74) is 4.58. The number of hydrogen-bond acceptors (Lipinski definition) is 3. The van der Waals surface area contributed by atoms with Crippen LogP contribution in [0.2, 0.25) is 0 Å². The lowest BCUT2D eigenvalue weighted by Gasteiger charge is -2.12. The average Bonchev–Trinajstić information content (AvgIpc) is 2.93. The fourth-order valence-corrected chi connectivity index (χ4v) is 2.58. The molecule has 0 aliphatic carbocycles. The highest BCUT2D eigenvalue weighted by atomic mass is 15.0. The van der Waals surface area contributed by atoms with Crippen molar-refractivity contribution in [3.63, 3.8) is 0 Å². The van der Waals surface area contributed by atoms with Crippen molar-refractivity contribution >= 4 is 0 Å². The van der Waals surface area contributed by atoms with Crippen LogP contribution >= 0.6 is 0 Å². The minimum Gasteiger partial charge on any atom is -0.309 e. The highest BCUT2D eigenvalue weighted by Gasteiger charge is 2.18. The summed E-state index contributed by atoms with van der Waals surface area (Å²) in [6, 6.07) is 11.0. The van der Waals surface area contributed by atoms with E-state index in [1.807, 2.05) is 6.92 Å². The minimum atomic E-state index is 0.394. The van der Waals surface area contributed by atoms with E-state index < -0.39 is 0 Å². The van der Waals surface area contributed by atoms with E-state index in [0.29, 0.717) is 6.04 Å². The van der Waals surface area contributed by atoms with Gasteiger partial charge in [0.1, 0.15) is 5.82 Å². The Kier molecular flexibility index (Phi) is 3.30. The van der Waals surface area contributed by atoms with Gasteiger partial charge in [-0.25, -0.2) is 9.97 Å². The maximum Gasteiger partial charge on any atom is 0.126 e. The first kappa shape index (κ1) is 12.3. The summed E-state index contributed by atoms with van der Waals surface area (Å²) in [5.74, 6) is 0.849. The van der Waals surface area contributed by atoms with Crippen molar-refractivity contribution in [2.45, 2.75) is 32.7 Å². The lowest BCUT2D eigenvalue weighted by Crippen LogP contribution is -2.15. The van der Waals surface area contributed by atoms with Gasteiger partial charge in [-0.2, -0.15) is 0 Å². The Morgan fingerprint density at radius 1 is 1.11 bits per heavy atom. The zero-order valence-electron chi connectivity index (χ0n) is 11.5.